The first-order valence-electron chi connectivity index (χ1n) is 8.34. The highest BCUT2D eigenvalue weighted by Crippen LogP contribution is 2.27. The lowest BCUT2D eigenvalue weighted by atomic mass is 9.85. The van der Waals surface area contributed by atoms with E-state index in [0.717, 1.165) is 36.8 Å². The van der Waals surface area contributed by atoms with Gasteiger partial charge in [0.1, 0.15) is 0 Å². The molecule has 3 N–H and O–H groups in total. The summed E-state index contributed by atoms with van der Waals surface area (Å²) >= 11 is 0. The number of carbonyl (C=O) groups is 2. The van der Waals surface area contributed by atoms with E-state index in [-0.39, 0.29) is 6.54 Å². The van der Waals surface area contributed by atoms with E-state index in [2.05, 4.69) is 10.6 Å². The van der Waals surface area contributed by atoms with Crippen LogP contribution in [0.4, 0.5) is 5.69 Å². The summed E-state index contributed by atoms with van der Waals surface area (Å²) in [6, 6.07) is 5.60. The van der Waals surface area contributed by atoms with Crippen molar-refractivity contribution >= 4 is 17.5 Å². The van der Waals surface area contributed by atoms with Gasteiger partial charge in [-0.25, -0.2) is 0 Å². The van der Waals surface area contributed by atoms with Crippen LogP contribution < -0.4 is 10.6 Å². The number of aliphatic hydroxyl groups is 1. The molecule has 0 saturated heterocycles. The van der Waals surface area contributed by atoms with E-state index in [1.54, 1.807) is 6.07 Å². The number of nitrogens with one attached hydrogen (secondary N) is 2. The summed E-state index contributed by atoms with van der Waals surface area (Å²) in [5.41, 5.74) is 2.05. The molecule has 2 rings (SSSR count). The number of benzene rings is 1. The Kier molecular flexibility index (Phi) is 5.77. The van der Waals surface area contributed by atoms with Crippen LogP contribution in [-0.2, 0) is 16.0 Å². The second-order valence-corrected chi connectivity index (χ2v) is 6.42. The lowest BCUT2D eigenvalue weighted by Gasteiger charge is -2.31. The Morgan fingerprint density at radius 1 is 1.17 bits per heavy atom. The molecule has 23 heavy (non-hydrogen) atoms. The number of hydrogen-bond acceptors (Lipinski definition) is 3. The zero-order valence-electron chi connectivity index (χ0n) is 13.9. The quantitative estimate of drug-likeness (QED) is 0.745. The van der Waals surface area contributed by atoms with Gasteiger partial charge in [-0.1, -0.05) is 32.3 Å². The average molecular weight is 318 g/mol. The summed E-state index contributed by atoms with van der Waals surface area (Å²) in [5, 5.41) is 15.5. The second kappa shape index (κ2) is 7.59. The lowest BCUT2D eigenvalue weighted by Crippen LogP contribution is -2.47. The fourth-order valence-electron chi connectivity index (χ4n) is 3.03. The fourth-order valence-corrected chi connectivity index (χ4v) is 3.03. The maximum atomic E-state index is 12.0. The molecular formula is C18H26N2O3. The van der Waals surface area contributed by atoms with Crippen molar-refractivity contribution in [3.8, 4) is 0 Å². The van der Waals surface area contributed by atoms with Crippen molar-refractivity contribution in [3.63, 3.8) is 0 Å². The Balaban J connectivity index is 1.88. The van der Waals surface area contributed by atoms with Gasteiger partial charge < -0.3 is 15.7 Å². The first kappa shape index (κ1) is 17.5. The van der Waals surface area contributed by atoms with Gasteiger partial charge >= 0.3 is 11.8 Å². The molecule has 0 heterocycles. The smallest absolute Gasteiger partial charge is 0.313 e. The summed E-state index contributed by atoms with van der Waals surface area (Å²) in [5.74, 6) is -1.40. The van der Waals surface area contributed by atoms with Crippen LogP contribution in [-0.4, -0.2) is 29.1 Å². The minimum absolute atomic E-state index is 0.132. The van der Waals surface area contributed by atoms with Crippen molar-refractivity contribution in [1.82, 2.24) is 5.32 Å². The highest BCUT2D eigenvalue weighted by Gasteiger charge is 2.30. The molecule has 1 aliphatic rings. The standard InChI is InChI=1S/C18H26N2O3/c1-3-14-11-15(8-7-13(14)2)20-17(22)16(21)19-12-18(23)9-5-4-6-10-18/h7-8,11,23H,3-6,9-10,12H2,1-2H3,(H,19,21)(H,20,22). The second-order valence-electron chi connectivity index (χ2n) is 6.42. The number of rotatable bonds is 4. The van der Waals surface area contributed by atoms with Crippen LogP contribution >= 0.6 is 0 Å². The predicted octanol–water partition coefficient (Wildman–Crippen LogP) is 2.31. The minimum Gasteiger partial charge on any atom is -0.388 e. The van der Waals surface area contributed by atoms with Crippen molar-refractivity contribution < 1.29 is 14.7 Å². The average Bonchev–Trinajstić information content (AvgIpc) is 2.55. The zero-order valence-corrected chi connectivity index (χ0v) is 13.9. The monoisotopic (exact) mass is 318 g/mol. The fraction of sp³-hybridized carbons (Fsp3) is 0.556. The Labute approximate surface area is 137 Å². The van der Waals surface area contributed by atoms with E-state index in [1.165, 1.54) is 0 Å². The molecule has 0 unspecified atom stereocenters. The molecule has 126 valence electrons. The molecule has 0 radical (unpaired) electrons. The van der Waals surface area contributed by atoms with Crippen LogP contribution in [0.3, 0.4) is 0 Å². The molecule has 5 heteroatoms. The molecule has 1 aromatic carbocycles. The van der Waals surface area contributed by atoms with E-state index in [9.17, 15) is 14.7 Å². The molecule has 5 nitrogen and oxygen atoms in total. The Morgan fingerprint density at radius 2 is 1.87 bits per heavy atom. The highest BCUT2D eigenvalue weighted by molar-refractivity contribution is 6.39. The van der Waals surface area contributed by atoms with Crippen LogP contribution in [0.1, 0.15) is 50.2 Å². The van der Waals surface area contributed by atoms with E-state index < -0.39 is 17.4 Å². The summed E-state index contributed by atoms with van der Waals surface area (Å²) in [7, 11) is 0. The van der Waals surface area contributed by atoms with Crippen molar-refractivity contribution in [2.24, 2.45) is 0 Å². The lowest BCUT2D eigenvalue weighted by molar-refractivity contribution is -0.137. The number of aryl methyl sites for hydroxylation is 2. The first-order valence-corrected chi connectivity index (χ1v) is 8.34. The summed E-state index contributed by atoms with van der Waals surface area (Å²) < 4.78 is 0. The third-order valence-corrected chi connectivity index (χ3v) is 4.56. The molecule has 0 spiro atoms. The predicted molar refractivity (Wildman–Crippen MR) is 90.2 cm³/mol. The van der Waals surface area contributed by atoms with Crippen LogP contribution in [0.5, 0.6) is 0 Å². The van der Waals surface area contributed by atoms with Crippen LogP contribution in [0, 0.1) is 6.92 Å². The van der Waals surface area contributed by atoms with E-state index >= 15 is 0 Å². The number of anilines is 1. The van der Waals surface area contributed by atoms with Crippen LogP contribution in [0.15, 0.2) is 18.2 Å². The van der Waals surface area contributed by atoms with Gasteiger partial charge in [-0.2, -0.15) is 0 Å². The van der Waals surface area contributed by atoms with Gasteiger partial charge in [-0.05, 0) is 49.4 Å². The van der Waals surface area contributed by atoms with Gasteiger partial charge in [0.15, 0.2) is 0 Å². The molecule has 0 atom stereocenters. The van der Waals surface area contributed by atoms with Gasteiger partial charge in [0.2, 0.25) is 0 Å². The summed E-state index contributed by atoms with van der Waals surface area (Å²) in [6.07, 6.45) is 5.25. The number of amides is 2. The van der Waals surface area contributed by atoms with Crippen molar-refractivity contribution in [3.05, 3.63) is 29.3 Å². The number of carbonyl (C=O) groups excluding carboxylic acids is 2. The SMILES string of the molecule is CCc1cc(NC(=O)C(=O)NCC2(O)CCCCC2)ccc1C. The largest absolute Gasteiger partial charge is 0.388 e. The van der Waals surface area contributed by atoms with Gasteiger partial charge in [0.25, 0.3) is 0 Å². The third kappa shape index (κ3) is 4.79. The first-order chi connectivity index (χ1) is 10.9. The van der Waals surface area contributed by atoms with Gasteiger partial charge in [-0.3, -0.25) is 9.59 Å². The maximum absolute atomic E-state index is 12.0. The van der Waals surface area contributed by atoms with Crippen LogP contribution in [0.2, 0.25) is 0 Å². The normalized spacial score (nSPS) is 16.7. The Bertz CT molecular complexity index is 578. The summed E-state index contributed by atoms with van der Waals surface area (Å²) in [4.78, 5) is 23.9. The van der Waals surface area contributed by atoms with E-state index in [0.29, 0.717) is 18.5 Å². The molecule has 1 fully saturated rings. The number of hydrogen-bond donors (Lipinski definition) is 3. The third-order valence-electron chi connectivity index (χ3n) is 4.56. The van der Waals surface area contributed by atoms with E-state index in [4.69, 9.17) is 0 Å². The van der Waals surface area contributed by atoms with Gasteiger partial charge in [-0.15, -0.1) is 0 Å². The van der Waals surface area contributed by atoms with Gasteiger partial charge in [0.05, 0.1) is 5.60 Å². The summed E-state index contributed by atoms with van der Waals surface area (Å²) in [6.45, 7) is 4.20. The zero-order chi connectivity index (χ0) is 16.9. The van der Waals surface area contributed by atoms with Crippen molar-refractivity contribution in [2.75, 3.05) is 11.9 Å². The molecule has 0 aromatic heterocycles. The van der Waals surface area contributed by atoms with Crippen molar-refractivity contribution in [2.45, 2.75) is 58.0 Å². The highest BCUT2D eigenvalue weighted by atomic mass is 16.3. The molecule has 1 aliphatic carbocycles. The molecule has 1 saturated carbocycles. The molecular weight excluding hydrogens is 292 g/mol. The minimum atomic E-state index is -0.868. The van der Waals surface area contributed by atoms with Gasteiger partial charge in [0, 0.05) is 12.2 Å². The molecule has 2 amide bonds. The van der Waals surface area contributed by atoms with E-state index in [1.807, 2.05) is 26.0 Å². The Morgan fingerprint density at radius 3 is 2.52 bits per heavy atom. The van der Waals surface area contributed by atoms with Crippen molar-refractivity contribution in [1.29, 1.82) is 0 Å². The van der Waals surface area contributed by atoms with Crippen LogP contribution in [0.25, 0.3) is 0 Å². The Hall–Kier alpha value is -1.88. The topological polar surface area (TPSA) is 78.4 Å². The maximum Gasteiger partial charge on any atom is 0.313 e. The molecule has 0 bridgehead atoms. The molecule has 1 aromatic rings. The molecule has 0 aliphatic heterocycles.